The zero-order valence-corrected chi connectivity index (χ0v) is 42.7. The number of thiazole rings is 1. The van der Waals surface area contributed by atoms with Crippen LogP contribution in [0.2, 0.25) is 0 Å². The zero-order chi connectivity index (χ0) is 50.6. The maximum atomic E-state index is 13.7. The number of amides is 3. The van der Waals surface area contributed by atoms with E-state index in [0.29, 0.717) is 66.3 Å². The van der Waals surface area contributed by atoms with Gasteiger partial charge in [0.2, 0.25) is 11.8 Å². The van der Waals surface area contributed by atoms with Gasteiger partial charge in [-0.15, -0.1) is 0 Å². The molecule has 6 heterocycles. The Morgan fingerprint density at radius 2 is 1.65 bits per heavy atom. The van der Waals surface area contributed by atoms with Gasteiger partial charge in [-0.1, -0.05) is 53.8 Å². The Labute approximate surface area is 433 Å². The number of pyridine rings is 1. The van der Waals surface area contributed by atoms with E-state index in [1.54, 1.807) is 0 Å². The molecule has 3 aromatic heterocycles. The van der Waals surface area contributed by atoms with Crippen LogP contribution in [0.4, 0.5) is 16.6 Å². The predicted molar refractivity (Wildman–Crippen MR) is 287 cm³/mol. The molecule has 16 heteroatoms. The van der Waals surface area contributed by atoms with Crippen LogP contribution >= 0.6 is 11.3 Å². The van der Waals surface area contributed by atoms with Crippen LogP contribution in [-0.2, 0) is 29.6 Å². The average molecular weight is 1010 g/mol. The van der Waals surface area contributed by atoms with Gasteiger partial charge in [-0.3, -0.25) is 34.6 Å². The first-order valence-corrected chi connectivity index (χ1v) is 27.1. The normalized spacial score (nSPS) is 22.0. The van der Waals surface area contributed by atoms with E-state index >= 15 is 0 Å². The smallest absolute Gasteiger partial charge is 0.355 e. The van der Waals surface area contributed by atoms with Crippen molar-refractivity contribution in [3.05, 3.63) is 125 Å². The quantitative estimate of drug-likeness (QED) is 0.0936. The van der Waals surface area contributed by atoms with E-state index in [9.17, 15) is 24.3 Å². The number of fused-ring (bicyclic) bond motifs is 4. The van der Waals surface area contributed by atoms with Gasteiger partial charge in [-0.05, 0) is 153 Å². The Bertz CT molecular complexity index is 3300. The molecular formula is C58H61N9O6S. The molecule has 2 aliphatic carbocycles. The summed E-state index contributed by atoms with van der Waals surface area (Å²) in [5.41, 5.74) is 8.65. The second kappa shape index (κ2) is 19.9. The number of para-hydroxylation sites is 2. The molecule has 12 rings (SSSR count). The number of benzene rings is 4. The van der Waals surface area contributed by atoms with E-state index in [1.807, 2.05) is 85.4 Å². The molecule has 3 aliphatic heterocycles. The van der Waals surface area contributed by atoms with Crippen molar-refractivity contribution >= 4 is 72.8 Å². The number of nitrogens with zero attached hydrogens (tertiary/aromatic N) is 7. The van der Waals surface area contributed by atoms with Crippen molar-refractivity contribution in [3.8, 4) is 16.9 Å². The number of carbonyl (C=O) groups is 4. The van der Waals surface area contributed by atoms with Crippen molar-refractivity contribution in [1.29, 1.82) is 0 Å². The number of carboxylic acid groups (broad SMARTS) is 1. The van der Waals surface area contributed by atoms with Crippen LogP contribution < -0.4 is 25.2 Å². The minimum Gasteiger partial charge on any atom is -0.490 e. The van der Waals surface area contributed by atoms with Crippen molar-refractivity contribution in [2.75, 3.05) is 54.4 Å². The van der Waals surface area contributed by atoms with E-state index < -0.39 is 11.9 Å². The van der Waals surface area contributed by atoms with E-state index in [2.05, 4.69) is 54.6 Å². The summed E-state index contributed by atoms with van der Waals surface area (Å²) in [5, 5.41) is 22.3. The van der Waals surface area contributed by atoms with Crippen LogP contribution in [0.5, 0.6) is 5.75 Å². The molecule has 3 unspecified atom stereocenters. The number of piperazine rings is 1. The minimum atomic E-state index is -1.09. The molecule has 0 radical (unpaired) electrons. The third-order valence-electron chi connectivity index (χ3n) is 16.5. The van der Waals surface area contributed by atoms with Gasteiger partial charge >= 0.3 is 5.97 Å². The number of hydrogen-bond acceptors (Lipinski definition) is 12. The van der Waals surface area contributed by atoms with E-state index in [-0.39, 0.29) is 29.5 Å². The third-order valence-corrected chi connectivity index (χ3v) is 17.5. The van der Waals surface area contributed by atoms with Crippen molar-refractivity contribution < 1.29 is 29.0 Å². The lowest BCUT2D eigenvalue weighted by Crippen LogP contribution is -2.46. The van der Waals surface area contributed by atoms with Gasteiger partial charge in [0.1, 0.15) is 11.6 Å². The highest BCUT2D eigenvalue weighted by molar-refractivity contribution is 7.22. The lowest BCUT2D eigenvalue weighted by Gasteiger charge is -2.36. The number of imide groups is 1. The number of aromatic nitrogens is 4. The largest absolute Gasteiger partial charge is 0.490 e. The number of hydrogen-bond donors (Lipinski definition) is 3. The maximum absolute atomic E-state index is 13.7. The van der Waals surface area contributed by atoms with Gasteiger partial charge in [0.15, 0.2) is 10.8 Å². The summed E-state index contributed by atoms with van der Waals surface area (Å²) in [7, 11) is 1.95. The van der Waals surface area contributed by atoms with E-state index in [4.69, 9.17) is 14.8 Å². The van der Waals surface area contributed by atoms with Crippen LogP contribution in [0.25, 0.3) is 32.2 Å². The lowest BCUT2D eigenvalue weighted by molar-refractivity contribution is -0.134. The Hall–Kier alpha value is -7.17. The third kappa shape index (κ3) is 9.38. The molecule has 5 atom stereocenters. The van der Waals surface area contributed by atoms with Crippen LogP contribution in [0.3, 0.4) is 0 Å². The monoisotopic (exact) mass is 1010 g/mol. The molecule has 0 bridgehead atoms. The highest BCUT2D eigenvalue weighted by Crippen LogP contribution is 2.49. The molecule has 2 saturated carbocycles. The van der Waals surface area contributed by atoms with Crippen molar-refractivity contribution in [2.45, 2.75) is 83.3 Å². The van der Waals surface area contributed by atoms with E-state index in [1.165, 1.54) is 37.0 Å². The van der Waals surface area contributed by atoms with Gasteiger partial charge < -0.3 is 19.6 Å². The van der Waals surface area contributed by atoms with Crippen LogP contribution in [0.15, 0.2) is 91.0 Å². The van der Waals surface area contributed by atoms with Gasteiger partial charge in [0, 0.05) is 69.3 Å². The molecule has 3 N–H and O–H groups in total. The summed E-state index contributed by atoms with van der Waals surface area (Å²) in [6, 6.07) is 29.6. The standard InChI is InChI=1S/C58H61N9O6S/c1-34-28-39(15-16-41(34)42-17-19-50(60-53(42)57(71)72)67-23-21-36-9-5-10-43(46(36)33-67)55(69)62-58-59-47-12-3-4-14-49(47)74-58)73-40-31-37-29-35(30-38(37)32-40)8-7-22-65-24-26-66(27-25-65)48-13-6-11-44-52(63-64(2)54(44)48)45-18-20-51(68)61-56(45)70/h3-6,9-17,19,28,35,37-38,40,45H,7-8,18,20-27,29-33H2,1-2H3,(H,71,72)(H,59,62,69)(H,61,68,70)/t35?,37-,38+,40?,45?. The second-order valence-electron chi connectivity index (χ2n) is 21.1. The fourth-order valence-corrected chi connectivity index (χ4v) is 13.8. The molecule has 4 fully saturated rings. The van der Waals surface area contributed by atoms with E-state index in [0.717, 1.165) is 112 Å². The fourth-order valence-electron chi connectivity index (χ4n) is 12.9. The Morgan fingerprint density at radius 3 is 2.43 bits per heavy atom. The van der Waals surface area contributed by atoms with Gasteiger partial charge in [0.05, 0.1) is 39.1 Å². The first kappa shape index (κ1) is 47.8. The average Bonchev–Trinajstić information content (AvgIpc) is 4.18. The number of aromatic carboxylic acids is 1. The topological polar surface area (TPSA) is 175 Å². The fraction of sp³-hybridized carbons (Fsp3) is 0.397. The van der Waals surface area contributed by atoms with Crippen LogP contribution in [0.1, 0.15) is 101 Å². The van der Waals surface area contributed by atoms with Crippen LogP contribution in [-0.4, -0.2) is 98.8 Å². The number of anilines is 3. The first-order chi connectivity index (χ1) is 36.0. The molecule has 5 aliphatic rings. The summed E-state index contributed by atoms with van der Waals surface area (Å²) < 4.78 is 9.56. The lowest BCUT2D eigenvalue weighted by atomic mass is 9.92. The van der Waals surface area contributed by atoms with Crippen molar-refractivity contribution in [3.63, 3.8) is 0 Å². The summed E-state index contributed by atoms with van der Waals surface area (Å²) in [6.45, 7) is 8.10. The maximum Gasteiger partial charge on any atom is 0.355 e. The van der Waals surface area contributed by atoms with Crippen molar-refractivity contribution in [1.82, 2.24) is 30.0 Å². The van der Waals surface area contributed by atoms with Crippen LogP contribution in [0, 0.1) is 24.7 Å². The molecule has 2 saturated heterocycles. The number of ether oxygens (including phenoxy) is 1. The summed E-state index contributed by atoms with van der Waals surface area (Å²) in [4.78, 5) is 67.5. The number of aryl methyl sites for hydroxylation is 2. The minimum absolute atomic E-state index is 0.00729. The molecular weight excluding hydrogens is 951 g/mol. The molecule has 3 amide bonds. The molecule has 74 heavy (non-hydrogen) atoms. The molecule has 0 spiro atoms. The molecule has 380 valence electrons. The summed E-state index contributed by atoms with van der Waals surface area (Å²) in [5.74, 6) is 1.34. The number of carbonyl (C=O) groups excluding carboxylic acids is 3. The predicted octanol–water partition coefficient (Wildman–Crippen LogP) is 9.37. The summed E-state index contributed by atoms with van der Waals surface area (Å²) >= 11 is 1.44. The molecule has 15 nitrogen and oxygen atoms in total. The zero-order valence-electron chi connectivity index (χ0n) is 41.9. The second-order valence-corrected chi connectivity index (χ2v) is 22.2. The van der Waals surface area contributed by atoms with Crippen molar-refractivity contribution in [2.24, 2.45) is 24.8 Å². The Morgan fingerprint density at radius 1 is 0.851 bits per heavy atom. The number of nitrogens with one attached hydrogen (secondary N) is 2. The highest BCUT2D eigenvalue weighted by Gasteiger charge is 2.42. The SMILES string of the molecule is Cc1cc(OC2C[C@H]3CC(CCCN4CCN(c5cccc6c(C7CCC(=O)NC7=O)nn(C)c56)CC4)C[C@H]3C2)ccc1-c1ccc(N2CCc3cccc(C(=O)Nc4nc5ccccc5s4)c3C2)nc1C(=O)O. The first-order valence-electron chi connectivity index (χ1n) is 26.3. The molecule has 4 aromatic carbocycles. The highest BCUT2D eigenvalue weighted by atomic mass is 32.1. The Balaban J connectivity index is 0.618. The number of piperidine rings is 1. The van der Waals surface area contributed by atoms with Gasteiger partial charge in [-0.2, -0.15) is 5.10 Å². The van der Waals surface area contributed by atoms with Gasteiger partial charge in [0.25, 0.3) is 5.91 Å². The number of carboxylic acids is 1. The Kier molecular flexibility index (Phi) is 12.9. The van der Waals surface area contributed by atoms with Gasteiger partial charge in [-0.25, -0.2) is 14.8 Å². The molecule has 7 aromatic rings. The number of rotatable bonds is 13. The summed E-state index contributed by atoms with van der Waals surface area (Å²) in [6.07, 6.45) is 8.88.